The number of azide groups is 2. The van der Waals surface area contributed by atoms with Crippen molar-refractivity contribution in [3.63, 3.8) is 0 Å². The molecule has 13 heteroatoms. The Balaban J connectivity index is 1.31. The van der Waals surface area contributed by atoms with Gasteiger partial charge in [0.15, 0.2) is 6.73 Å². The van der Waals surface area contributed by atoms with Crippen LogP contribution >= 0.6 is 0 Å². The van der Waals surface area contributed by atoms with Crippen molar-refractivity contribution in [1.29, 1.82) is 0 Å². The predicted molar refractivity (Wildman–Crippen MR) is 146 cm³/mol. The fraction of sp³-hybridized carbons (Fsp3) is 0.444. The Bertz CT molecular complexity index is 1550. The van der Waals surface area contributed by atoms with E-state index in [-0.39, 0.29) is 31.3 Å². The number of aryl methyl sites for hydroxylation is 1. The zero-order valence-electron chi connectivity index (χ0n) is 22.3. The number of hydrogen-bond acceptors (Lipinski definition) is 7. The second-order valence-corrected chi connectivity index (χ2v) is 10.6. The lowest BCUT2D eigenvalue weighted by molar-refractivity contribution is 0.0441. The van der Waals surface area contributed by atoms with E-state index in [1.165, 1.54) is 4.68 Å². The summed E-state index contributed by atoms with van der Waals surface area (Å²) in [4.78, 5) is 33.9. The number of benzene rings is 2. The SMILES string of the molecule is CC(C)(CN=[N+]=[N-])OC(=O)n1cc2c(n1)CCC(N(C(=O)c1ccc3cc(OCN=[N+]=[N-])ccc3c1)C1CC1)C2. The van der Waals surface area contributed by atoms with Crippen LogP contribution in [0.5, 0.6) is 5.75 Å². The lowest BCUT2D eigenvalue weighted by Crippen LogP contribution is -2.44. The molecule has 0 spiro atoms. The zero-order valence-corrected chi connectivity index (χ0v) is 22.3. The summed E-state index contributed by atoms with van der Waals surface area (Å²) in [6, 6.07) is 11.3. The highest BCUT2D eigenvalue weighted by Crippen LogP contribution is 2.35. The number of carbonyl (C=O) groups is 2. The van der Waals surface area contributed by atoms with E-state index < -0.39 is 11.7 Å². The van der Waals surface area contributed by atoms with Gasteiger partial charge in [0, 0.05) is 33.7 Å². The summed E-state index contributed by atoms with van der Waals surface area (Å²) in [5.74, 6) is 0.577. The molecule has 0 saturated heterocycles. The Hall–Kier alpha value is -4.73. The van der Waals surface area contributed by atoms with Crippen molar-refractivity contribution in [2.75, 3.05) is 13.3 Å². The molecule has 0 N–H and O–H groups in total. The van der Waals surface area contributed by atoms with E-state index in [2.05, 4.69) is 25.2 Å². The number of carbonyl (C=O) groups excluding carboxylic acids is 2. The molecule has 1 saturated carbocycles. The molecule has 40 heavy (non-hydrogen) atoms. The van der Waals surface area contributed by atoms with Gasteiger partial charge in [0.1, 0.15) is 11.4 Å². The Morgan fingerprint density at radius 3 is 2.58 bits per heavy atom. The topological polar surface area (TPSA) is 171 Å². The summed E-state index contributed by atoms with van der Waals surface area (Å²) in [5.41, 5.74) is 18.4. The Labute approximate surface area is 229 Å². The number of aromatic nitrogens is 2. The number of fused-ring (bicyclic) bond motifs is 2. The smallest absolute Gasteiger partial charge is 0.435 e. The molecule has 1 heterocycles. The lowest BCUT2D eigenvalue weighted by Gasteiger charge is -2.34. The maximum atomic E-state index is 13.8. The van der Waals surface area contributed by atoms with E-state index in [1.54, 1.807) is 26.1 Å². The normalized spacial score (nSPS) is 16.3. The number of ether oxygens (including phenoxy) is 2. The van der Waals surface area contributed by atoms with Crippen LogP contribution in [0.15, 0.2) is 52.8 Å². The number of amides is 1. The average Bonchev–Trinajstić information content (AvgIpc) is 3.68. The standard InChI is InChI=1S/C27H29N9O4/c1-27(2,15-30-33-28)40-26(38)35-14-20-12-22(8-10-24(20)32-35)36(21-6-7-21)25(37)19-4-3-18-13-23(39-16-31-34-29)9-5-17(18)11-19/h3-5,9,11,13-14,21-22H,6-8,10,12,15-16H2,1-2H3. The van der Waals surface area contributed by atoms with E-state index in [0.29, 0.717) is 24.2 Å². The van der Waals surface area contributed by atoms with Gasteiger partial charge in [0.2, 0.25) is 0 Å². The van der Waals surface area contributed by atoms with Gasteiger partial charge in [-0.05, 0) is 97.6 Å². The van der Waals surface area contributed by atoms with E-state index in [1.807, 2.05) is 35.2 Å². The quantitative estimate of drug-likeness (QED) is 0.185. The summed E-state index contributed by atoms with van der Waals surface area (Å²) >= 11 is 0. The number of hydrogen-bond donors (Lipinski definition) is 0. The number of nitrogens with zero attached hydrogens (tertiary/aromatic N) is 9. The molecule has 206 valence electrons. The predicted octanol–water partition coefficient (Wildman–Crippen LogP) is 5.92. The number of rotatable bonds is 9. The first-order valence-electron chi connectivity index (χ1n) is 13.1. The van der Waals surface area contributed by atoms with Gasteiger partial charge in [-0.25, -0.2) is 4.79 Å². The third-order valence-electron chi connectivity index (χ3n) is 7.09. The van der Waals surface area contributed by atoms with Crippen LogP contribution in [0.1, 0.15) is 54.7 Å². The van der Waals surface area contributed by atoms with Crippen molar-refractivity contribution >= 4 is 22.8 Å². The van der Waals surface area contributed by atoms with Crippen molar-refractivity contribution in [2.24, 2.45) is 10.2 Å². The van der Waals surface area contributed by atoms with Crippen molar-refractivity contribution in [1.82, 2.24) is 14.7 Å². The molecular formula is C27H29N9O4. The minimum absolute atomic E-state index is 0.00487. The van der Waals surface area contributed by atoms with E-state index in [0.717, 1.165) is 41.3 Å². The maximum absolute atomic E-state index is 13.8. The molecule has 13 nitrogen and oxygen atoms in total. The Morgan fingerprint density at radius 2 is 1.82 bits per heavy atom. The van der Waals surface area contributed by atoms with Gasteiger partial charge in [0.25, 0.3) is 5.91 Å². The van der Waals surface area contributed by atoms with Crippen LogP contribution in [0.2, 0.25) is 0 Å². The summed E-state index contributed by atoms with van der Waals surface area (Å²) < 4.78 is 12.1. The summed E-state index contributed by atoms with van der Waals surface area (Å²) in [5, 5.41) is 13.1. The van der Waals surface area contributed by atoms with Gasteiger partial charge in [0.05, 0.1) is 12.2 Å². The molecule has 2 aliphatic carbocycles. The Morgan fingerprint density at radius 1 is 1.07 bits per heavy atom. The van der Waals surface area contributed by atoms with Gasteiger partial charge in [-0.15, -0.1) is 0 Å². The molecule has 0 bridgehead atoms. The van der Waals surface area contributed by atoms with Crippen molar-refractivity contribution in [2.45, 2.75) is 63.6 Å². The van der Waals surface area contributed by atoms with Crippen LogP contribution in [0, 0.1) is 0 Å². The van der Waals surface area contributed by atoms with Crippen molar-refractivity contribution in [3.8, 4) is 5.75 Å². The molecule has 1 fully saturated rings. The highest BCUT2D eigenvalue weighted by Gasteiger charge is 2.40. The monoisotopic (exact) mass is 543 g/mol. The molecule has 1 unspecified atom stereocenters. The molecule has 3 aromatic rings. The van der Waals surface area contributed by atoms with Crippen LogP contribution in [-0.4, -0.2) is 57.6 Å². The van der Waals surface area contributed by atoms with Crippen molar-refractivity contribution in [3.05, 3.63) is 80.3 Å². The van der Waals surface area contributed by atoms with Crippen LogP contribution in [-0.2, 0) is 17.6 Å². The molecule has 2 aromatic carbocycles. The zero-order chi connectivity index (χ0) is 28.3. The molecule has 1 atom stereocenters. The molecule has 0 radical (unpaired) electrons. The van der Waals surface area contributed by atoms with E-state index in [4.69, 9.17) is 20.5 Å². The van der Waals surface area contributed by atoms with Crippen molar-refractivity contribution < 1.29 is 19.1 Å². The van der Waals surface area contributed by atoms with E-state index in [9.17, 15) is 9.59 Å². The van der Waals surface area contributed by atoms with Gasteiger partial charge in [-0.2, -0.15) is 9.78 Å². The fourth-order valence-electron chi connectivity index (χ4n) is 5.04. The van der Waals surface area contributed by atoms with Gasteiger partial charge in [-0.3, -0.25) is 4.79 Å². The second kappa shape index (κ2) is 11.2. The third kappa shape index (κ3) is 5.96. The van der Waals surface area contributed by atoms with Gasteiger partial charge < -0.3 is 14.4 Å². The van der Waals surface area contributed by atoms with Crippen LogP contribution in [0.25, 0.3) is 31.7 Å². The summed E-state index contributed by atoms with van der Waals surface area (Å²) in [6.45, 7) is 3.26. The van der Waals surface area contributed by atoms with E-state index >= 15 is 0 Å². The minimum Gasteiger partial charge on any atom is -0.488 e. The molecule has 1 aromatic heterocycles. The average molecular weight is 544 g/mol. The third-order valence-corrected chi connectivity index (χ3v) is 7.09. The minimum atomic E-state index is -0.964. The highest BCUT2D eigenvalue weighted by molar-refractivity contribution is 5.99. The van der Waals surface area contributed by atoms with Crippen LogP contribution < -0.4 is 4.74 Å². The molecule has 2 aliphatic rings. The summed E-state index contributed by atoms with van der Waals surface area (Å²) in [6.07, 6.45) is 4.99. The summed E-state index contributed by atoms with van der Waals surface area (Å²) in [7, 11) is 0. The van der Waals surface area contributed by atoms with Gasteiger partial charge in [-0.1, -0.05) is 22.4 Å². The van der Waals surface area contributed by atoms with Crippen LogP contribution in [0.4, 0.5) is 4.79 Å². The second-order valence-electron chi connectivity index (χ2n) is 10.6. The first-order chi connectivity index (χ1) is 19.3. The maximum Gasteiger partial charge on any atom is 0.435 e. The van der Waals surface area contributed by atoms with Crippen LogP contribution in [0.3, 0.4) is 0 Å². The first-order valence-corrected chi connectivity index (χ1v) is 13.1. The lowest BCUT2D eigenvalue weighted by atomic mass is 9.91. The Kier molecular flexibility index (Phi) is 7.50. The molecule has 1 amide bonds. The largest absolute Gasteiger partial charge is 0.488 e. The molecule has 5 rings (SSSR count). The molecule has 0 aliphatic heterocycles. The highest BCUT2D eigenvalue weighted by atomic mass is 16.6. The van der Waals surface area contributed by atoms with Gasteiger partial charge >= 0.3 is 6.09 Å². The molecular weight excluding hydrogens is 514 g/mol. The first kappa shape index (κ1) is 26.9. The fourth-order valence-corrected chi connectivity index (χ4v) is 5.04.